The molecule has 0 N–H and O–H groups in total. The van der Waals surface area contributed by atoms with Crippen LogP contribution in [0.3, 0.4) is 0 Å². The smallest absolute Gasteiger partial charge is 0.0540 e. The van der Waals surface area contributed by atoms with Crippen LogP contribution in [0.25, 0.3) is 56.5 Å². The van der Waals surface area contributed by atoms with Crippen LogP contribution >= 0.6 is 0 Å². The molecule has 2 nitrogen and oxygen atoms in total. The van der Waals surface area contributed by atoms with Crippen LogP contribution in [0.5, 0.6) is 0 Å². The Morgan fingerprint density at radius 2 is 1.02 bits per heavy atom. The minimum Gasteiger partial charge on any atom is -0.317 e. The summed E-state index contributed by atoms with van der Waals surface area (Å²) >= 11 is 0. The second-order valence-corrected chi connectivity index (χ2v) is 12.9. The van der Waals surface area contributed by atoms with Crippen LogP contribution in [0.4, 0.5) is 0 Å². The first-order chi connectivity index (χ1) is 21.8. The largest absolute Gasteiger partial charge is 0.317 e. The highest BCUT2D eigenvalue weighted by Gasteiger charge is 2.23. The maximum Gasteiger partial charge on any atom is 0.0540 e. The molecular formula is C42H38N2. The summed E-state index contributed by atoms with van der Waals surface area (Å²) in [6, 6.07) is 14.4. The third-order valence-electron chi connectivity index (χ3n) is 10.3. The van der Waals surface area contributed by atoms with Gasteiger partial charge in [0.05, 0.1) is 11.0 Å². The molecule has 2 aromatic heterocycles. The molecule has 2 heteroatoms. The molecule has 5 aliphatic carbocycles. The Hall–Kier alpha value is -4.56. The molecule has 5 aliphatic rings. The van der Waals surface area contributed by atoms with E-state index < -0.39 is 0 Å². The fourth-order valence-corrected chi connectivity index (χ4v) is 8.18. The van der Waals surface area contributed by atoms with Gasteiger partial charge in [-0.3, -0.25) is 0 Å². The Kier molecular flexibility index (Phi) is 6.21. The van der Waals surface area contributed by atoms with Gasteiger partial charge in [-0.05, 0) is 111 Å². The van der Waals surface area contributed by atoms with Crippen LogP contribution in [0.2, 0.25) is 0 Å². The zero-order valence-electron chi connectivity index (χ0n) is 25.4. The molecule has 0 fully saturated rings. The van der Waals surface area contributed by atoms with Crippen molar-refractivity contribution in [1.82, 2.24) is 9.13 Å². The molecule has 0 aliphatic heterocycles. The number of hydrogen-bond donors (Lipinski definition) is 0. The number of aromatic nitrogens is 2. The van der Waals surface area contributed by atoms with Crippen molar-refractivity contribution >= 4 is 45.4 Å². The van der Waals surface area contributed by atoms with Gasteiger partial charge in [0.25, 0.3) is 0 Å². The predicted molar refractivity (Wildman–Crippen MR) is 188 cm³/mol. The van der Waals surface area contributed by atoms with Gasteiger partial charge in [-0.2, -0.15) is 0 Å². The molecule has 2 heterocycles. The van der Waals surface area contributed by atoms with Crippen LogP contribution in [0, 0.1) is 0 Å². The van der Waals surface area contributed by atoms with Crippen molar-refractivity contribution in [2.45, 2.75) is 64.2 Å². The summed E-state index contributed by atoms with van der Waals surface area (Å²) in [5.74, 6) is 0. The molecule has 0 amide bonds. The van der Waals surface area contributed by atoms with Crippen molar-refractivity contribution < 1.29 is 0 Å². The van der Waals surface area contributed by atoms with E-state index in [1.165, 1.54) is 84.4 Å². The standard InChI is InChI=1S/C42H38N2/c1-3-11-29(12-4-1)30-19-23-34(24-20-30)44-40-18-10-8-16-36(40)38-26-22-32(28-42(38)44)31-21-25-37-35-15-7-9-17-39(35)43(41(37)27-31)33-13-5-2-6-14-33/h1-3,5,7-8,11,13,15-16,19,21-23,25-28H,4,6,9-10,12,14,17-18,20,24H2. The van der Waals surface area contributed by atoms with E-state index in [-0.39, 0.29) is 0 Å². The average Bonchev–Trinajstić information content (AvgIpc) is 3.61. The zero-order valence-corrected chi connectivity index (χ0v) is 25.4. The first-order valence-electron chi connectivity index (χ1n) is 16.6. The van der Waals surface area contributed by atoms with Crippen molar-refractivity contribution in [3.05, 3.63) is 131 Å². The van der Waals surface area contributed by atoms with Crippen molar-refractivity contribution in [2.75, 3.05) is 0 Å². The van der Waals surface area contributed by atoms with Gasteiger partial charge in [-0.15, -0.1) is 0 Å². The Morgan fingerprint density at radius 1 is 0.455 bits per heavy atom. The number of nitrogens with zero attached hydrogens (tertiary/aromatic N) is 2. The molecule has 44 heavy (non-hydrogen) atoms. The molecule has 0 saturated heterocycles. The molecule has 4 aromatic rings. The summed E-state index contributed by atoms with van der Waals surface area (Å²) < 4.78 is 5.20. The van der Waals surface area contributed by atoms with E-state index in [1.807, 2.05) is 0 Å². The minimum absolute atomic E-state index is 1.08. The fraction of sp³-hybridized carbons (Fsp3) is 0.238. The first-order valence-corrected chi connectivity index (χ1v) is 16.6. The van der Waals surface area contributed by atoms with Gasteiger partial charge in [-0.1, -0.05) is 85.0 Å². The van der Waals surface area contributed by atoms with E-state index in [4.69, 9.17) is 0 Å². The molecule has 0 radical (unpaired) electrons. The topological polar surface area (TPSA) is 9.86 Å². The average molecular weight is 571 g/mol. The highest BCUT2D eigenvalue weighted by atomic mass is 15.0. The lowest BCUT2D eigenvalue weighted by molar-refractivity contribution is 0.841. The van der Waals surface area contributed by atoms with E-state index in [0.29, 0.717) is 0 Å². The molecular weight excluding hydrogens is 532 g/mol. The van der Waals surface area contributed by atoms with E-state index >= 15 is 0 Å². The second kappa shape index (κ2) is 10.6. The van der Waals surface area contributed by atoms with E-state index in [9.17, 15) is 0 Å². The highest BCUT2D eigenvalue weighted by molar-refractivity contribution is 5.99. The summed E-state index contributed by atoms with van der Waals surface area (Å²) in [6.07, 6.45) is 39.1. The molecule has 216 valence electrons. The Bertz CT molecular complexity index is 2100. The van der Waals surface area contributed by atoms with E-state index in [0.717, 1.165) is 57.8 Å². The van der Waals surface area contributed by atoms with E-state index in [1.54, 1.807) is 0 Å². The van der Waals surface area contributed by atoms with Gasteiger partial charge < -0.3 is 9.13 Å². The van der Waals surface area contributed by atoms with Crippen molar-refractivity contribution in [3.8, 4) is 11.1 Å². The second-order valence-electron chi connectivity index (χ2n) is 12.9. The molecule has 0 bridgehead atoms. The monoisotopic (exact) mass is 570 g/mol. The number of rotatable bonds is 4. The molecule has 9 rings (SSSR count). The summed E-state index contributed by atoms with van der Waals surface area (Å²) in [5.41, 5.74) is 16.9. The van der Waals surface area contributed by atoms with Gasteiger partial charge in [-0.25, -0.2) is 0 Å². The SMILES string of the molecule is C1=CCCC(C2=CC=C(n3c4c(c5ccc(-c6ccc7c8c(n(C9=CC=CCC9)c7c6)CCC=C8)cc53)C=CCC4)CC2)=C1. The molecule has 0 atom stereocenters. The summed E-state index contributed by atoms with van der Waals surface area (Å²) in [7, 11) is 0. The molecule has 0 unspecified atom stereocenters. The van der Waals surface area contributed by atoms with Gasteiger partial charge in [0.2, 0.25) is 0 Å². The van der Waals surface area contributed by atoms with Gasteiger partial charge >= 0.3 is 0 Å². The lowest BCUT2D eigenvalue weighted by Gasteiger charge is -2.22. The molecule has 0 saturated carbocycles. The minimum atomic E-state index is 1.08. The first kappa shape index (κ1) is 25.9. The van der Waals surface area contributed by atoms with Crippen LogP contribution < -0.4 is 0 Å². The highest BCUT2D eigenvalue weighted by Crippen LogP contribution is 2.41. The maximum absolute atomic E-state index is 2.62. The van der Waals surface area contributed by atoms with Gasteiger partial charge in [0, 0.05) is 44.7 Å². The number of hydrogen-bond acceptors (Lipinski definition) is 0. The van der Waals surface area contributed by atoms with Crippen LogP contribution in [-0.2, 0) is 12.8 Å². The van der Waals surface area contributed by atoms with Crippen molar-refractivity contribution in [2.24, 2.45) is 0 Å². The molecule has 0 spiro atoms. The lowest BCUT2D eigenvalue weighted by Crippen LogP contribution is -2.08. The summed E-state index contributed by atoms with van der Waals surface area (Å²) in [5, 5.41) is 2.75. The third kappa shape index (κ3) is 4.15. The summed E-state index contributed by atoms with van der Waals surface area (Å²) in [4.78, 5) is 0. The normalized spacial score (nSPS) is 19.1. The Morgan fingerprint density at radius 3 is 1.57 bits per heavy atom. The van der Waals surface area contributed by atoms with Crippen LogP contribution in [-0.4, -0.2) is 9.13 Å². The third-order valence-corrected chi connectivity index (χ3v) is 10.3. The molecule has 2 aromatic carbocycles. The maximum atomic E-state index is 2.62. The quantitative estimate of drug-likeness (QED) is 0.231. The number of allylic oxidation sites excluding steroid dienone is 14. The van der Waals surface area contributed by atoms with Crippen molar-refractivity contribution in [3.63, 3.8) is 0 Å². The van der Waals surface area contributed by atoms with E-state index in [2.05, 4.69) is 118 Å². The number of fused-ring (bicyclic) bond motifs is 6. The van der Waals surface area contributed by atoms with Crippen LogP contribution in [0.1, 0.15) is 73.9 Å². The van der Waals surface area contributed by atoms with Crippen molar-refractivity contribution in [1.29, 1.82) is 0 Å². The van der Waals surface area contributed by atoms with Crippen LogP contribution in [0.15, 0.2) is 108 Å². The summed E-state index contributed by atoms with van der Waals surface area (Å²) in [6.45, 7) is 0. The Balaban J connectivity index is 1.19. The zero-order chi connectivity index (χ0) is 29.0. The lowest BCUT2D eigenvalue weighted by atomic mass is 9.90. The number of benzene rings is 2. The van der Waals surface area contributed by atoms with Gasteiger partial charge in [0.1, 0.15) is 0 Å². The van der Waals surface area contributed by atoms with Gasteiger partial charge in [0.15, 0.2) is 0 Å². The Labute approximate surface area is 260 Å². The fourth-order valence-electron chi connectivity index (χ4n) is 8.18. The predicted octanol–water partition coefficient (Wildman–Crippen LogP) is 11.2.